The maximum Gasteiger partial charge on any atom is 0.343 e. The maximum atomic E-state index is 12.7. The Kier molecular flexibility index (Phi) is 6.51. The van der Waals surface area contributed by atoms with Crippen molar-refractivity contribution < 1.29 is 28.2 Å². The molecule has 0 bridgehead atoms. The molecule has 0 atom stereocenters. The lowest BCUT2D eigenvalue weighted by Gasteiger charge is -2.13. The van der Waals surface area contributed by atoms with E-state index in [0.29, 0.717) is 40.9 Å². The number of ether oxygens (including phenoxy) is 3. The fourth-order valence-corrected chi connectivity index (χ4v) is 3.06. The minimum atomic E-state index is -0.597. The second kappa shape index (κ2) is 9.26. The minimum Gasteiger partial charge on any atom is -0.497 e. The van der Waals surface area contributed by atoms with E-state index in [-0.39, 0.29) is 18.1 Å². The zero-order valence-electron chi connectivity index (χ0n) is 17.0. The first-order chi connectivity index (χ1) is 14.4. The first kappa shape index (κ1) is 21.1. The number of hydrogen-bond acceptors (Lipinski definition) is 7. The molecule has 0 N–H and O–H groups in total. The summed E-state index contributed by atoms with van der Waals surface area (Å²) in [6.07, 6.45) is 0.424. The molecule has 7 heteroatoms. The van der Waals surface area contributed by atoms with Crippen LogP contribution in [0.1, 0.15) is 34.8 Å². The summed E-state index contributed by atoms with van der Waals surface area (Å²) in [6.45, 7) is 3.81. The van der Waals surface area contributed by atoms with Gasteiger partial charge in [-0.2, -0.15) is 0 Å². The summed E-state index contributed by atoms with van der Waals surface area (Å²) < 4.78 is 21.0. The lowest BCUT2D eigenvalue weighted by Crippen LogP contribution is -2.11. The minimum absolute atomic E-state index is 0.124. The first-order valence-corrected chi connectivity index (χ1v) is 9.50. The van der Waals surface area contributed by atoms with Gasteiger partial charge in [-0.05, 0) is 55.7 Å². The molecule has 0 aliphatic heterocycles. The molecule has 1 aromatic heterocycles. The number of esters is 2. The largest absolute Gasteiger partial charge is 0.497 e. The molecule has 0 aliphatic rings. The van der Waals surface area contributed by atoms with Crippen LogP contribution < -0.4 is 15.1 Å². The molecule has 2 aromatic carbocycles. The van der Waals surface area contributed by atoms with Gasteiger partial charge in [0.25, 0.3) is 0 Å². The van der Waals surface area contributed by atoms with E-state index in [1.807, 2.05) is 0 Å². The molecule has 3 rings (SSSR count). The fourth-order valence-electron chi connectivity index (χ4n) is 3.06. The van der Waals surface area contributed by atoms with Gasteiger partial charge in [-0.1, -0.05) is 6.07 Å². The van der Waals surface area contributed by atoms with E-state index in [9.17, 15) is 14.4 Å². The molecule has 0 saturated carbocycles. The SMILES string of the molecule is CCOC(=O)CCc1cc2c(C)cc(=O)oc2cc1OC(=O)c1cccc(OC)c1. The number of benzene rings is 2. The van der Waals surface area contributed by atoms with Crippen molar-refractivity contribution in [1.29, 1.82) is 0 Å². The van der Waals surface area contributed by atoms with Crippen molar-refractivity contribution in [2.45, 2.75) is 26.7 Å². The van der Waals surface area contributed by atoms with Gasteiger partial charge < -0.3 is 18.6 Å². The number of carbonyl (C=O) groups excluding carboxylic acids is 2. The number of methoxy groups -OCH3 is 1. The Hall–Kier alpha value is -3.61. The van der Waals surface area contributed by atoms with Crippen molar-refractivity contribution >= 4 is 22.9 Å². The van der Waals surface area contributed by atoms with E-state index in [2.05, 4.69) is 0 Å². The molecule has 0 amide bonds. The van der Waals surface area contributed by atoms with Gasteiger partial charge in [0, 0.05) is 23.9 Å². The van der Waals surface area contributed by atoms with E-state index < -0.39 is 11.6 Å². The summed E-state index contributed by atoms with van der Waals surface area (Å²) in [5.41, 5.74) is 1.46. The summed E-state index contributed by atoms with van der Waals surface area (Å²) in [4.78, 5) is 36.2. The average Bonchev–Trinajstić information content (AvgIpc) is 2.72. The smallest absolute Gasteiger partial charge is 0.343 e. The Balaban J connectivity index is 1.98. The molecule has 1 heterocycles. The number of carbonyl (C=O) groups is 2. The second-order valence-electron chi connectivity index (χ2n) is 6.63. The molecular formula is C23H22O7. The third kappa shape index (κ3) is 4.86. The molecule has 0 spiro atoms. The van der Waals surface area contributed by atoms with E-state index in [0.717, 1.165) is 5.56 Å². The summed E-state index contributed by atoms with van der Waals surface area (Å²) in [5, 5.41) is 0.703. The van der Waals surface area contributed by atoms with Gasteiger partial charge in [0.1, 0.15) is 17.1 Å². The summed E-state index contributed by atoms with van der Waals surface area (Å²) in [7, 11) is 1.51. The van der Waals surface area contributed by atoms with Crippen LogP contribution >= 0.6 is 0 Å². The van der Waals surface area contributed by atoms with E-state index in [1.54, 1.807) is 44.2 Å². The zero-order valence-corrected chi connectivity index (χ0v) is 17.0. The normalized spacial score (nSPS) is 10.6. The number of rotatable bonds is 7. The van der Waals surface area contributed by atoms with Gasteiger partial charge in [0.15, 0.2) is 0 Å². The Morgan fingerprint density at radius 3 is 2.63 bits per heavy atom. The quantitative estimate of drug-likeness (QED) is 0.332. The van der Waals surface area contributed by atoms with Crippen LogP contribution in [0.5, 0.6) is 11.5 Å². The van der Waals surface area contributed by atoms with E-state index in [1.165, 1.54) is 19.2 Å². The highest BCUT2D eigenvalue weighted by Gasteiger charge is 2.17. The van der Waals surface area contributed by atoms with Crippen molar-refractivity contribution in [1.82, 2.24) is 0 Å². The van der Waals surface area contributed by atoms with Crippen LogP contribution in [0.25, 0.3) is 11.0 Å². The highest BCUT2D eigenvalue weighted by molar-refractivity contribution is 5.92. The molecule has 3 aromatic rings. The lowest BCUT2D eigenvalue weighted by atomic mass is 10.0. The van der Waals surface area contributed by atoms with E-state index >= 15 is 0 Å². The highest BCUT2D eigenvalue weighted by atomic mass is 16.5. The molecule has 0 aliphatic carbocycles. The van der Waals surface area contributed by atoms with Crippen LogP contribution in [0.4, 0.5) is 0 Å². The zero-order chi connectivity index (χ0) is 21.7. The highest BCUT2D eigenvalue weighted by Crippen LogP contribution is 2.29. The Bertz CT molecular complexity index is 1140. The van der Waals surface area contributed by atoms with Crippen LogP contribution in [0.3, 0.4) is 0 Å². The molecule has 0 unspecified atom stereocenters. The topological polar surface area (TPSA) is 92.0 Å². The molecule has 156 valence electrons. The summed E-state index contributed by atoms with van der Waals surface area (Å²) >= 11 is 0. The number of fused-ring (bicyclic) bond motifs is 1. The van der Waals surface area contributed by atoms with Crippen molar-refractivity contribution in [3.8, 4) is 11.5 Å². The molecule has 0 fully saturated rings. The van der Waals surface area contributed by atoms with Gasteiger partial charge in [0.05, 0.1) is 19.3 Å². The van der Waals surface area contributed by atoms with Crippen molar-refractivity contribution in [3.63, 3.8) is 0 Å². The predicted octanol–water partition coefficient (Wildman–Crippen LogP) is 3.82. The lowest BCUT2D eigenvalue weighted by molar-refractivity contribution is -0.143. The van der Waals surface area contributed by atoms with Gasteiger partial charge in [0.2, 0.25) is 0 Å². The average molecular weight is 410 g/mol. The van der Waals surface area contributed by atoms with Crippen LogP contribution in [-0.2, 0) is 16.0 Å². The Morgan fingerprint density at radius 1 is 1.10 bits per heavy atom. The maximum absolute atomic E-state index is 12.7. The van der Waals surface area contributed by atoms with Crippen LogP contribution in [0.2, 0.25) is 0 Å². The Labute approximate surface area is 173 Å². The van der Waals surface area contributed by atoms with Gasteiger partial charge in [-0.25, -0.2) is 9.59 Å². The van der Waals surface area contributed by atoms with Crippen LogP contribution in [-0.4, -0.2) is 25.7 Å². The number of hydrogen-bond donors (Lipinski definition) is 0. The first-order valence-electron chi connectivity index (χ1n) is 9.50. The van der Waals surface area contributed by atoms with Crippen molar-refractivity contribution in [3.05, 3.63) is 69.6 Å². The van der Waals surface area contributed by atoms with Gasteiger partial charge in [-0.3, -0.25) is 4.79 Å². The summed E-state index contributed by atoms with van der Waals surface area (Å²) in [6, 6.07) is 11.2. The third-order valence-electron chi connectivity index (χ3n) is 4.54. The molecule has 7 nitrogen and oxygen atoms in total. The van der Waals surface area contributed by atoms with Crippen LogP contribution in [0.15, 0.2) is 51.7 Å². The molecule has 30 heavy (non-hydrogen) atoms. The predicted molar refractivity (Wildman–Crippen MR) is 110 cm³/mol. The molecule has 0 radical (unpaired) electrons. The standard InChI is InChI=1S/C23H22O7/c1-4-28-21(24)9-8-15-12-18-14(2)10-22(25)29-20(18)13-19(15)30-23(26)16-6-5-7-17(11-16)27-3/h5-7,10-13H,4,8-9H2,1-3H3. The van der Waals surface area contributed by atoms with Crippen molar-refractivity contribution in [2.75, 3.05) is 13.7 Å². The van der Waals surface area contributed by atoms with Gasteiger partial charge >= 0.3 is 17.6 Å². The summed E-state index contributed by atoms with van der Waals surface area (Å²) in [5.74, 6) is -0.208. The van der Waals surface area contributed by atoms with Gasteiger partial charge in [-0.15, -0.1) is 0 Å². The monoisotopic (exact) mass is 410 g/mol. The van der Waals surface area contributed by atoms with Crippen LogP contribution in [0, 0.1) is 6.92 Å². The Morgan fingerprint density at radius 2 is 1.90 bits per heavy atom. The number of aryl methyl sites for hydroxylation is 2. The second-order valence-corrected chi connectivity index (χ2v) is 6.63. The molecular weight excluding hydrogens is 388 g/mol. The fraction of sp³-hybridized carbons (Fsp3) is 0.261. The third-order valence-corrected chi connectivity index (χ3v) is 4.54. The van der Waals surface area contributed by atoms with Crippen molar-refractivity contribution in [2.24, 2.45) is 0 Å². The molecule has 0 saturated heterocycles. The van der Waals surface area contributed by atoms with E-state index in [4.69, 9.17) is 18.6 Å².